The zero-order valence-corrected chi connectivity index (χ0v) is 28.8. The molecule has 0 radical (unpaired) electrons. The second kappa shape index (κ2) is 11.6. The molecule has 4 heteroatoms. The molecule has 2 atom stereocenters. The smallest absolute Gasteiger partial charge is 0.164 e. The van der Waals surface area contributed by atoms with E-state index in [2.05, 4.69) is 114 Å². The van der Waals surface area contributed by atoms with Gasteiger partial charge < -0.3 is 0 Å². The van der Waals surface area contributed by atoms with Crippen LogP contribution in [0.4, 0.5) is 0 Å². The van der Waals surface area contributed by atoms with Gasteiger partial charge in [0, 0.05) is 21.2 Å². The molecule has 48 heavy (non-hydrogen) atoms. The molecule has 4 bridgehead atoms. The average Bonchev–Trinajstić information content (AvgIpc) is 3.12. The first kappa shape index (κ1) is 29.7. The van der Waals surface area contributed by atoms with Crippen molar-refractivity contribution in [2.75, 3.05) is 0 Å². The van der Waals surface area contributed by atoms with Gasteiger partial charge in [-0.15, -0.1) is 0 Å². The van der Waals surface area contributed by atoms with Gasteiger partial charge in [0.1, 0.15) is 0 Å². The molecular weight excluding hydrogens is 650 g/mol. The molecule has 236 valence electrons. The number of nitrogens with zero attached hydrogens (tertiary/aromatic N) is 3. The lowest BCUT2D eigenvalue weighted by atomic mass is 9.42. The Labute approximate surface area is 291 Å². The van der Waals surface area contributed by atoms with Gasteiger partial charge in [-0.2, -0.15) is 0 Å². The van der Waals surface area contributed by atoms with Crippen LogP contribution in [-0.4, -0.2) is 15.0 Å². The summed E-state index contributed by atoms with van der Waals surface area (Å²) in [5.74, 6) is 3.73. The van der Waals surface area contributed by atoms with Gasteiger partial charge >= 0.3 is 0 Å². The fourth-order valence-electron chi connectivity index (χ4n) is 9.73. The maximum Gasteiger partial charge on any atom is 0.164 e. The summed E-state index contributed by atoms with van der Waals surface area (Å²) in [6.07, 6.45) is 8.07. The van der Waals surface area contributed by atoms with E-state index < -0.39 is 0 Å². The SMILES string of the molecule is Cc1ccc(-c2ccc(C34CC5CC(CC(c6ccc(Br)cc6)(C5)C3)C4)cc2)cc1-c1nc(-c2ccccc2)nc(-c2ccccc2)n1. The van der Waals surface area contributed by atoms with Crippen LogP contribution < -0.4 is 0 Å². The first-order valence-electron chi connectivity index (χ1n) is 17.3. The molecule has 3 nitrogen and oxygen atoms in total. The molecule has 4 saturated carbocycles. The minimum Gasteiger partial charge on any atom is -0.208 e. The number of hydrogen-bond acceptors (Lipinski definition) is 3. The van der Waals surface area contributed by atoms with Crippen LogP contribution in [0, 0.1) is 18.8 Å². The lowest BCUT2D eigenvalue weighted by Gasteiger charge is -2.63. The molecule has 1 aromatic heterocycles. The number of benzene rings is 5. The van der Waals surface area contributed by atoms with Crippen molar-refractivity contribution in [3.63, 3.8) is 0 Å². The van der Waals surface area contributed by atoms with E-state index in [9.17, 15) is 0 Å². The minimum atomic E-state index is 0.278. The van der Waals surface area contributed by atoms with Crippen LogP contribution >= 0.6 is 15.9 Å². The van der Waals surface area contributed by atoms with Crippen molar-refractivity contribution in [2.24, 2.45) is 11.8 Å². The Morgan fingerprint density at radius 2 is 1.00 bits per heavy atom. The van der Waals surface area contributed by atoms with Crippen molar-refractivity contribution in [3.05, 3.63) is 149 Å². The monoisotopic (exact) mass is 687 g/mol. The average molecular weight is 689 g/mol. The molecular formula is C44H38BrN3. The predicted octanol–water partition coefficient (Wildman–Crippen LogP) is 11.4. The lowest BCUT2D eigenvalue weighted by Crippen LogP contribution is -2.55. The molecule has 4 aliphatic carbocycles. The summed E-state index contributed by atoms with van der Waals surface area (Å²) in [6, 6.07) is 46.0. The van der Waals surface area contributed by atoms with E-state index >= 15 is 0 Å². The van der Waals surface area contributed by atoms with Crippen LogP contribution in [0.5, 0.6) is 0 Å². The Bertz CT molecular complexity index is 2030. The first-order valence-corrected chi connectivity index (χ1v) is 18.1. The van der Waals surface area contributed by atoms with Gasteiger partial charge in [-0.1, -0.05) is 125 Å². The van der Waals surface area contributed by atoms with Crippen LogP contribution in [-0.2, 0) is 10.8 Å². The zero-order valence-electron chi connectivity index (χ0n) is 27.2. The van der Waals surface area contributed by atoms with Gasteiger partial charge in [0.2, 0.25) is 0 Å². The molecule has 4 aliphatic rings. The highest BCUT2D eigenvalue weighted by atomic mass is 79.9. The zero-order chi connectivity index (χ0) is 32.3. The van der Waals surface area contributed by atoms with Crippen LogP contribution in [0.1, 0.15) is 55.2 Å². The predicted molar refractivity (Wildman–Crippen MR) is 198 cm³/mol. The summed E-state index contributed by atoms with van der Waals surface area (Å²) in [5, 5.41) is 0. The largest absolute Gasteiger partial charge is 0.208 e. The van der Waals surface area contributed by atoms with Gasteiger partial charge in [0.15, 0.2) is 17.5 Å². The van der Waals surface area contributed by atoms with E-state index in [1.54, 1.807) is 5.56 Å². The van der Waals surface area contributed by atoms with E-state index in [1.807, 2.05) is 36.4 Å². The molecule has 0 N–H and O–H groups in total. The third-order valence-electron chi connectivity index (χ3n) is 11.5. The fraction of sp³-hybridized carbons (Fsp3) is 0.250. The molecule has 10 rings (SSSR count). The molecule has 6 aromatic rings. The molecule has 5 aromatic carbocycles. The van der Waals surface area contributed by atoms with Crippen LogP contribution in [0.15, 0.2) is 132 Å². The normalized spacial score (nSPS) is 24.1. The maximum atomic E-state index is 5.03. The molecule has 0 aliphatic heterocycles. The number of aryl methyl sites for hydroxylation is 1. The number of aromatic nitrogens is 3. The summed E-state index contributed by atoms with van der Waals surface area (Å²) >= 11 is 3.67. The summed E-state index contributed by atoms with van der Waals surface area (Å²) < 4.78 is 1.17. The van der Waals surface area contributed by atoms with Crippen molar-refractivity contribution >= 4 is 15.9 Å². The fourth-order valence-corrected chi connectivity index (χ4v) is 9.99. The van der Waals surface area contributed by atoms with Gasteiger partial charge in [-0.05, 0) is 114 Å². The molecule has 4 fully saturated rings. The van der Waals surface area contributed by atoms with E-state index in [4.69, 9.17) is 15.0 Å². The second-order valence-corrected chi connectivity index (χ2v) is 15.6. The first-order chi connectivity index (χ1) is 23.5. The van der Waals surface area contributed by atoms with Crippen LogP contribution in [0.25, 0.3) is 45.3 Å². The molecule has 0 saturated heterocycles. The topological polar surface area (TPSA) is 38.7 Å². The highest BCUT2D eigenvalue weighted by Crippen LogP contribution is 2.66. The van der Waals surface area contributed by atoms with Crippen LogP contribution in [0.3, 0.4) is 0 Å². The van der Waals surface area contributed by atoms with E-state index in [0.29, 0.717) is 22.9 Å². The van der Waals surface area contributed by atoms with E-state index in [-0.39, 0.29) is 5.41 Å². The van der Waals surface area contributed by atoms with Crippen molar-refractivity contribution in [3.8, 4) is 45.3 Å². The number of halogens is 1. The summed E-state index contributed by atoms with van der Waals surface area (Å²) in [6.45, 7) is 2.14. The van der Waals surface area contributed by atoms with Gasteiger partial charge in [0.25, 0.3) is 0 Å². The summed E-state index contributed by atoms with van der Waals surface area (Å²) in [4.78, 5) is 15.0. The molecule has 0 spiro atoms. The highest BCUT2D eigenvalue weighted by molar-refractivity contribution is 9.10. The third kappa shape index (κ3) is 5.22. The van der Waals surface area contributed by atoms with Gasteiger partial charge in [0.05, 0.1) is 0 Å². The molecule has 1 heterocycles. The Balaban J connectivity index is 1.07. The van der Waals surface area contributed by atoms with E-state index in [0.717, 1.165) is 34.1 Å². The summed E-state index contributed by atoms with van der Waals surface area (Å²) in [5.41, 5.74) is 10.2. The third-order valence-corrected chi connectivity index (χ3v) is 12.1. The standard InChI is InChI=1S/C44H38BrN3/c1-29-12-13-35(23-39(29)42-47-40(33-8-4-2-5-9-33)46-41(48-42)34-10-6-3-7-11-34)32-14-16-36(17-15-32)43-24-30-22-31(25-43)27-44(26-30,28-43)37-18-20-38(45)21-19-37/h2-21,23,30-31H,22,24-28H2,1H3. The molecule has 0 amide bonds. The van der Waals surface area contributed by atoms with Crippen molar-refractivity contribution in [1.29, 1.82) is 0 Å². The van der Waals surface area contributed by atoms with E-state index in [1.165, 1.54) is 59.7 Å². The number of hydrogen-bond donors (Lipinski definition) is 0. The molecule has 2 unspecified atom stereocenters. The Morgan fingerprint density at radius 1 is 0.521 bits per heavy atom. The van der Waals surface area contributed by atoms with Crippen molar-refractivity contribution in [2.45, 2.75) is 56.3 Å². The Morgan fingerprint density at radius 3 is 1.54 bits per heavy atom. The van der Waals surface area contributed by atoms with Gasteiger partial charge in [-0.3, -0.25) is 0 Å². The second-order valence-electron chi connectivity index (χ2n) is 14.7. The quantitative estimate of drug-likeness (QED) is 0.175. The maximum absolute atomic E-state index is 5.03. The van der Waals surface area contributed by atoms with Gasteiger partial charge in [-0.25, -0.2) is 15.0 Å². The Hall–Kier alpha value is -4.41. The summed E-state index contributed by atoms with van der Waals surface area (Å²) in [7, 11) is 0. The Kier molecular flexibility index (Phi) is 7.20. The highest BCUT2D eigenvalue weighted by Gasteiger charge is 2.58. The minimum absolute atomic E-state index is 0.278. The van der Waals surface area contributed by atoms with Crippen molar-refractivity contribution < 1.29 is 0 Å². The van der Waals surface area contributed by atoms with Crippen LogP contribution in [0.2, 0.25) is 0 Å². The van der Waals surface area contributed by atoms with Crippen molar-refractivity contribution in [1.82, 2.24) is 15.0 Å². The number of rotatable bonds is 6. The lowest BCUT2D eigenvalue weighted by molar-refractivity contribution is -0.0281.